The van der Waals surface area contributed by atoms with Gasteiger partial charge < -0.3 is 4.74 Å². The molecule has 0 radical (unpaired) electrons. The Balaban J connectivity index is 3.49. The van der Waals surface area contributed by atoms with Gasteiger partial charge in [-0.3, -0.25) is 0 Å². The van der Waals surface area contributed by atoms with Gasteiger partial charge in [0.05, 0.1) is 12.7 Å². The highest BCUT2D eigenvalue weighted by molar-refractivity contribution is 6.31. The fourth-order valence-electron chi connectivity index (χ4n) is 1.63. The standard InChI is InChI=1S/C13H15ClF2O2/c1-13(2,3)9-5-7(11(15)16)8(6-10(9)14)12(17)18-4/h5-6,11H,1-4H3. The fraction of sp³-hybridized carbons (Fsp3) is 0.462. The molecule has 0 bridgehead atoms. The molecule has 0 atom stereocenters. The van der Waals surface area contributed by atoms with Gasteiger partial charge in [0.25, 0.3) is 6.43 Å². The van der Waals surface area contributed by atoms with Crippen molar-refractivity contribution < 1.29 is 18.3 Å². The van der Waals surface area contributed by atoms with Gasteiger partial charge in [0, 0.05) is 10.6 Å². The highest BCUT2D eigenvalue weighted by atomic mass is 35.5. The van der Waals surface area contributed by atoms with Crippen molar-refractivity contribution in [1.82, 2.24) is 0 Å². The second kappa shape index (κ2) is 5.22. The minimum Gasteiger partial charge on any atom is -0.465 e. The van der Waals surface area contributed by atoms with Crippen molar-refractivity contribution in [3.8, 4) is 0 Å². The molecule has 2 nitrogen and oxygen atoms in total. The zero-order chi connectivity index (χ0) is 14.1. The molecule has 100 valence electrons. The minimum absolute atomic E-state index is 0.189. The van der Waals surface area contributed by atoms with Crippen LogP contribution in [-0.4, -0.2) is 13.1 Å². The average Bonchev–Trinajstić information content (AvgIpc) is 2.25. The zero-order valence-corrected chi connectivity index (χ0v) is 11.4. The van der Waals surface area contributed by atoms with Gasteiger partial charge in [0.1, 0.15) is 0 Å². The summed E-state index contributed by atoms with van der Waals surface area (Å²) in [5.74, 6) is -0.812. The molecule has 0 N–H and O–H groups in total. The second-order valence-electron chi connectivity index (χ2n) is 4.96. The molecule has 1 aromatic rings. The van der Waals surface area contributed by atoms with E-state index in [1.165, 1.54) is 12.1 Å². The lowest BCUT2D eigenvalue weighted by molar-refractivity contribution is 0.0589. The van der Waals surface area contributed by atoms with Crippen molar-refractivity contribution in [1.29, 1.82) is 0 Å². The zero-order valence-electron chi connectivity index (χ0n) is 10.7. The third-order valence-corrected chi connectivity index (χ3v) is 2.90. The summed E-state index contributed by atoms with van der Waals surface area (Å²) in [5, 5.41) is 0.285. The van der Waals surface area contributed by atoms with E-state index >= 15 is 0 Å². The van der Waals surface area contributed by atoms with Crippen LogP contribution in [0.4, 0.5) is 8.78 Å². The van der Waals surface area contributed by atoms with E-state index in [1.807, 2.05) is 20.8 Å². The summed E-state index contributed by atoms with van der Waals surface area (Å²) in [6.07, 6.45) is -2.75. The van der Waals surface area contributed by atoms with Gasteiger partial charge in [-0.2, -0.15) is 0 Å². The molecule has 0 aromatic heterocycles. The van der Waals surface area contributed by atoms with Crippen molar-refractivity contribution in [2.24, 2.45) is 0 Å². The number of carbonyl (C=O) groups excluding carboxylic acids is 1. The van der Waals surface area contributed by atoms with E-state index in [0.29, 0.717) is 5.56 Å². The molecular weight excluding hydrogens is 262 g/mol. The Morgan fingerprint density at radius 3 is 2.28 bits per heavy atom. The van der Waals surface area contributed by atoms with E-state index in [1.54, 1.807) is 0 Å². The highest BCUT2D eigenvalue weighted by Gasteiger charge is 2.25. The Morgan fingerprint density at radius 1 is 1.33 bits per heavy atom. The van der Waals surface area contributed by atoms with Crippen LogP contribution in [0.2, 0.25) is 5.02 Å². The summed E-state index contributed by atoms with van der Waals surface area (Å²) in [6, 6.07) is 2.52. The summed E-state index contributed by atoms with van der Waals surface area (Å²) >= 11 is 6.04. The van der Waals surface area contributed by atoms with Gasteiger partial charge in [-0.1, -0.05) is 32.4 Å². The highest BCUT2D eigenvalue weighted by Crippen LogP contribution is 2.35. The number of hydrogen-bond donors (Lipinski definition) is 0. The van der Waals surface area contributed by atoms with Gasteiger partial charge in [0.2, 0.25) is 0 Å². The maximum Gasteiger partial charge on any atom is 0.338 e. The van der Waals surface area contributed by atoms with Crippen molar-refractivity contribution in [3.63, 3.8) is 0 Å². The topological polar surface area (TPSA) is 26.3 Å². The molecule has 5 heteroatoms. The van der Waals surface area contributed by atoms with E-state index in [9.17, 15) is 13.6 Å². The molecule has 0 saturated carbocycles. The molecule has 0 aliphatic carbocycles. The molecule has 0 spiro atoms. The fourth-order valence-corrected chi connectivity index (χ4v) is 2.08. The van der Waals surface area contributed by atoms with Crippen molar-refractivity contribution in [2.45, 2.75) is 32.6 Å². The second-order valence-corrected chi connectivity index (χ2v) is 5.37. The maximum atomic E-state index is 13.0. The van der Waals surface area contributed by atoms with E-state index < -0.39 is 12.4 Å². The quantitative estimate of drug-likeness (QED) is 0.750. The number of halogens is 3. The number of benzene rings is 1. The van der Waals surface area contributed by atoms with Crippen LogP contribution < -0.4 is 0 Å². The molecule has 1 rings (SSSR count). The number of ether oxygens (including phenoxy) is 1. The van der Waals surface area contributed by atoms with Crippen LogP contribution in [0.3, 0.4) is 0 Å². The third-order valence-electron chi connectivity index (χ3n) is 2.59. The number of methoxy groups -OCH3 is 1. The lowest BCUT2D eigenvalue weighted by atomic mass is 9.85. The lowest BCUT2D eigenvalue weighted by Gasteiger charge is -2.22. The van der Waals surface area contributed by atoms with Crippen LogP contribution in [0, 0.1) is 0 Å². The Labute approximate surface area is 110 Å². The number of alkyl halides is 2. The third kappa shape index (κ3) is 2.99. The summed E-state index contributed by atoms with van der Waals surface area (Å²) in [4.78, 5) is 11.4. The van der Waals surface area contributed by atoms with Crippen LogP contribution in [0.25, 0.3) is 0 Å². The SMILES string of the molecule is COC(=O)c1cc(Cl)c(C(C)(C)C)cc1C(F)F. The Hall–Kier alpha value is -1.16. The molecule has 0 aliphatic heterocycles. The smallest absolute Gasteiger partial charge is 0.338 e. The summed E-state index contributed by atoms with van der Waals surface area (Å²) in [6.45, 7) is 5.59. The average molecular weight is 277 g/mol. The molecule has 0 amide bonds. The summed E-state index contributed by atoms with van der Waals surface area (Å²) in [5.41, 5.74) is -0.344. The number of hydrogen-bond acceptors (Lipinski definition) is 2. The molecule has 0 unspecified atom stereocenters. The number of rotatable bonds is 2. The predicted molar refractivity (Wildman–Crippen MR) is 66.4 cm³/mol. The Kier molecular flexibility index (Phi) is 4.32. The first-order chi connectivity index (χ1) is 8.18. The molecule has 18 heavy (non-hydrogen) atoms. The van der Waals surface area contributed by atoms with E-state index in [2.05, 4.69) is 4.74 Å². The van der Waals surface area contributed by atoms with Crippen molar-refractivity contribution in [2.75, 3.05) is 7.11 Å². The molecule has 0 heterocycles. The van der Waals surface area contributed by atoms with Crippen LogP contribution in [-0.2, 0) is 10.2 Å². The first-order valence-electron chi connectivity index (χ1n) is 5.39. The molecule has 0 saturated heterocycles. The van der Waals surface area contributed by atoms with E-state index in [-0.39, 0.29) is 21.6 Å². The Bertz CT molecular complexity index is 465. The van der Waals surface area contributed by atoms with Crippen molar-refractivity contribution >= 4 is 17.6 Å². The summed E-state index contributed by atoms with van der Waals surface area (Å²) < 4.78 is 30.4. The van der Waals surface area contributed by atoms with Gasteiger partial charge >= 0.3 is 5.97 Å². The minimum atomic E-state index is -2.75. The van der Waals surface area contributed by atoms with Gasteiger partial charge in [0.15, 0.2) is 0 Å². The number of carbonyl (C=O) groups is 1. The molecule has 1 aromatic carbocycles. The normalized spacial score (nSPS) is 11.8. The van der Waals surface area contributed by atoms with Crippen LogP contribution in [0.15, 0.2) is 12.1 Å². The largest absolute Gasteiger partial charge is 0.465 e. The lowest BCUT2D eigenvalue weighted by Crippen LogP contribution is -2.15. The van der Waals surface area contributed by atoms with Crippen molar-refractivity contribution in [3.05, 3.63) is 33.8 Å². The Morgan fingerprint density at radius 2 is 1.89 bits per heavy atom. The summed E-state index contributed by atoms with van der Waals surface area (Å²) in [7, 11) is 1.14. The van der Waals surface area contributed by atoms with Gasteiger partial charge in [-0.15, -0.1) is 0 Å². The molecule has 0 aliphatic rings. The maximum absolute atomic E-state index is 13.0. The van der Waals surface area contributed by atoms with E-state index in [0.717, 1.165) is 7.11 Å². The van der Waals surface area contributed by atoms with Gasteiger partial charge in [-0.05, 0) is 23.1 Å². The monoisotopic (exact) mass is 276 g/mol. The predicted octanol–water partition coefficient (Wildman–Crippen LogP) is 4.36. The van der Waals surface area contributed by atoms with Crippen LogP contribution in [0.1, 0.15) is 48.7 Å². The van der Waals surface area contributed by atoms with Gasteiger partial charge in [-0.25, -0.2) is 13.6 Å². The first kappa shape index (κ1) is 14.9. The van der Waals surface area contributed by atoms with E-state index in [4.69, 9.17) is 11.6 Å². The first-order valence-corrected chi connectivity index (χ1v) is 5.76. The number of esters is 1. The molecule has 0 fully saturated rings. The van der Waals surface area contributed by atoms with Crippen LogP contribution in [0.5, 0.6) is 0 Å². The molecular formula is C13H15ClF2O2. The van der Waals surface area contributed by atoms with Crippen LogP contribution >= 0.6 is 11.6 Å².